The number of nitrogens with zero attached hydrogens (tertiary/aromatic N) is 4. The number of hydrogen-bond donors (Lipinski definition) is 3. The van der Waals surface area contributed by atoms with Crippen LogP contribution in [0.1, 0.15) is 0 Å². The van der Waals surface area contributed by atoms with Gasteiger partial charge in [-0.3, -0.25) is 17.6 Å². The fraction of sp³-hybridized carbons (Fsp3) is 0.0649. The fourth-order valence-electron chi connectivity index (χ4n) is 9.10. The van der Waals surface area contributed by atoms with E-state index in [1.165, 1.54) is 0 Å². The molecule has 97 heavy (non-hydrogen) atoms. The molecule has 0 aliphatic heterocycles. The van der Waals surface area contributed by atoms with Crippen molar-refractivity contribution >= 4 is 79.2 Å². The largest absolute Gasteiger partial charge is 0.479 e. The first-order chi connectivity index (χ1) is 45.6. The predicted octanol–water partition coefficient (Wildman–Crippen LogP) is 14.1. The van der Waals surface area contributed by atoms with Crippen LogP contribution in [0, 0.1) is 41.5 Å². The molecule has 3 N–H and O–H groups in total. The van der Waals surface area contributed by atoms with Gasteiger partial charge in [0.1, 0.15) is 0 Å². The minimum atomic E-state index is -1.20. The minimum Gasteiger partial charge on any atom is -0.479 e. The summed E-state index contributed by atoms with van der Waals surface area (Å²) in [5.41, 5.74) is 4.16. The van der Waals surface area contributed by atoms with Crippen LogP contribution < -0.4 is 36.7 Å². The van der Waals surface area contributed by atoms with E-state index in [1.54, 1.807) is 42.9 Å². The summed E-state index contributed by atoms with van der Waals surface area (Å²) in [5, 5.41) is 34.0. The third-order valence-electron chi connectivity index (χ3n) is 13.5. The van der Waals surface area contributed by atoms with Gasteiger partial charge in [-0.05, 0) is 108 Å². The summed E-state index contributed by atoms with van der Waals surface area (Å²) in [6.07, 6.45) is 5.58. The molecule has 3 aromatic heterocycles. The van der Waals surface area contributed by atoms with E-state index in [4.69, 9.17) is 15.3 Å². The van der Waals surface area contributed by atoms with Crippen LogP contribution in [0.4, 0.5) is 23.2 Å². The summed E-state index contributed by atoms with van der Waals surface area (Å²) in [6.45, 7) is 0. The summed E-state index contributed by atoms with van der Waals surface area (Å²) < 4.78 is 52.1. The quantitative estimate of drug-likeness (QED) is 0.0484. The van der Waals surface area contributed by atoms with Crippen LogP contribution in [0.3, 0.4) is 0 Å². The molecule has 0 saturated carbocycles. The third-order valence-corrected chi connectivity index (χ3v) is 21.7. The van der Waals surface area contributed by atoms with Crippen LogP contribution in [0.2, 0.25) is 0 Å². The molecule has 0 saturated heterocycles. The van der Waals surface area contributed by atoms with Crippen molar-refractivity contribution in [3.8, 4) is 33.8 Å². The molecule has 0 spiro atoms. The molecular weight excluding hydrogens is 1820 g/mol. The molecule has 10 nitrogen and oxygen atoms in total. The first-order valence-corrected chi connectivity index (χ1v) is 34.5. The van der Waals surface area contributed by atoms with Gasteiger partial charge in [0.25, 0.3) is 0 Å². The summed E-state index contributed by atoms with van der Waals surface area (Å²) in [4.78, 5) is 47.1. The number of benzene rings is 9. The molecule has 9 aromatic carbocycles. The van der Waals surface area contributed by atoms with Crippen LogP contribution >= 0.6 is 23.8 Å². The Balaban J connectivity index is 0.000000247. The van der Waals surface area contributed by atoms with Crippen molar-refractivity contribution in [2.24, 2.45) is 0 Å². The third kappa shape index (κ3) is 27.9. The maximum atomic E-state index is 13.5. The van der Waals surface area contributed by atoms with E-state index in [2.05, 4.69) is 33.2 Å². The monoisotopic (exact) mass is 1890 g/mol. The maximum Gasteiger partial charge on any atom is 0.342 e. The molecule has 0 atom stereocenters. The summed E-state index contributed by atoms with van der Waals surface area (Å²) in [6, 6.07) is 93.9. The molecule has 0 bridgehead atoms. The number of carbonyl (C=O) groups is 3. The molecule has 0 aliphatic carbocycles. The van der Waals surface area contributed by atoms with Gasteiger partial charge < -0.3 is 35.2 Å². The Hall–Kier alpha value is -8.40. The van der Waals surface area contributed by atoms with Crippen molar-refractivity contribution in [1.29, 1.82) is 0 Å². The van der Waals surface area contributed by atoms with E-state index in [1.807, 2.05) is 250 Å². The van der Waals surface area contributed by atoms with Gasteiger partial charge in [0.2, 0.25) is 0 Å². The number of carboxylic acids is 3. The van der Waals surface area contributed by atoms with Crippen LogP contribution in [-0.4, -0.2) is 80.8 Å². The second kappa shape index (κ2) is 44.4. The standard InChI is InChI=1S/3C14H13O2P.C13H11F2N2.C11H6F2N.C11H8N.3Ir/c3*15-14(16)11-17(12-7-3-1-4-8-12)13-9-5-2-6-10-13;1-17(2)10-5-6-16-13(8-10)11-4-3-9(14)7-12(11)15;12-8-4-5-9(10(13)7-8)11-3-1-2-6-14-11;1-2-6-10(7-3-1)11-8-4-5-9-12-11;;;/h3*1-10H,11H2,(H,15,16);3,5-8H,1-2H3;1-4,6-7H;1-6,8-9H;;;/q;;;3*-1;;;/p+3. The van der Waals surface area contributed by atoms with E-state index >= 15 is 0 Å². The van der Waals surface area contributed by atoms with E-state index in [0.29, 0.717) is 11.4 Å². The van der Waals surface area contributed by atoms with Gasteiger partial charge in [-0.15, -0.1) is 60.2 Å². The number of pyridine rings is 3. The maximum absolute atomic E-state index is 13.5. The Morgan fingerprint density at radius 2 is 0.680 bits per heavy atom. The van der Waals surface area contributed by atoms with Gasteiger partial charge >= 0.3 is 17.9 Å². The average Bonchev–Trinajstić information content (AvgIpc) is 0.888. The minimum absolute atomic E-state index is 0. The van der Waals surface area contributed by atoms with Crippen molar-refractivity contribution in [3.63, 3.8) is 0 Å². The van der Waals surface area contributed by atoms with E-state index in [9.17, 15) is 31.9 Å². The smallest absolute Gasteiger partial charge is 0.342 e. The Kier molecular flexibility index (Phi) is 37.1. The molecule has 12 rings (SSSR count). The number of aromatic nitrogens is 3. The molecule has 0 unspecified atom stereocenters. The number of hydrogen-bond acceptors (Lipinski definition) is 7. The van der Waals surface area contributed by atoms with E-state index < -0.39 is 64.9 Å². The van der Waals surface area contributed by atoms with Gasteiger partial charge in [-0.2, -0.15) is 0 Å². The fourth-order valence-corrected chi connectivity index (χ4v) is 15.8. The Bertz CT molecular complexity index is 3830. The van der Waals surface area contributed by atoms with Gasteiger partial charge in [0, 0.05) is 122 Å². The summed E-state index contributed by atoms with van der Waals surface area (Å²) in [7, 11) is 0.161. The second-order valence-electron chi connectivity index (χ2n) is 20.4. The molecular formula is C77H67F4Ir3N4O6P3. The Morgan fingerprint density at radius 1 is 0.371 bits per heavy atom. The van der Waals surface area contributed by atoms with Crippen LogP contribution in [0.15, 0.2) is 298 Å². The molecule has 501 valence electrons. The van der Waals surface area contributed by atoms with Gasteiger partial charge in [0.05, 0.1) is 55.6 Å². The molecule has 3 heterocycles. The summed E-state index contributed by atoms with van der Waals surface area (Å²) in [5.74, 6) is -4.78. The van der Waals surface area contributed by atoms with Gasteiger partial charge in [0.15, 0.2) is 18.5 Å². The molecule has 0 aliphatic rings. The van der Waals surface area contributed by atoms with Crippen molar-refractivity contribution < 1.29 is 108 Å². The second-order valence-corrected chi connectivity index (χ2v) is 27.8. The first-order valence-electron chi connectivity index (χ1n) is 29.4. The Morgan fingerprint density at radius 3 is 0.969 bits per heavy atom. The molecule has 12 aromatic rings. The zero-order valence-corrected chi connectivity index (χ0v) is 62.5. The molecule has 20 heteroatoms. The SMILES string of the molecule is CN(C)c1ccnc(-c2[c-]cc(F)cc2F)c1.Fc1c[c-]c(-c2ccccn2)c(F)c1.O=C(O)C[PH+](c1ccccc1)c1ccccc1.O=C(O)C[PH+](c1ccccc1)c1ccccc1.O=C(O)C[PH+](c1ccccc1)c1ccccc1.[Ir].[Ir].[Ir].[c-]1ccccc1-c1ccccn1. The molecule has 0 amide bonds. The van der Waals surface area contributed by atoms with Crippen molar-refractivity contribution in [2.75, 3.05) is 37.5 Å². The summed E-state index contributed by atoms with van der Waals surface area (Å²) >= 11 is 0. The van der Waals surface area contributed by atoms with Crippen LogP contribution in [-0.2, 0) is 74.7 Å². The van der Waals surface area contributed by atoms with Crippen LogP contribution in [0.25, 0.3) is 33.8 Å². The predicted molar refractivity (Wildman–Crippen MR) is 379 cm³/mol. The number of aliphatic carboxylic acids is 3. The zero-order valence-electron chi connectivity index (χ0n) is 52.3. The molecule has 3 radical (unpaired) electrons. The van der Waals surface area contributed by atoms with Gasteiger partial charge in [-0.1, -0.05) is 163 Å². The number of rotatable bonds is 16. The van der Waals surface area contributed by atoms with E-state index in [0.717, 1.165) is 73.0 Å². The van der Waals surface area contributed by atoms with E-state index in [-0.39, 0.29) is 89.9 Å². The van der Waals surface area contributed by atoms with Gasteiger partial charge in [-0.25, -0.2) is 14.4 Å². The first kappa shape index (κ1) is 81.0. The van der Waals surface area contributed by atoms with Crippen LogP contribution in [0.5, 0.6) is 0 Å². The molecule has 0 fully saturated rings. The normalized spacial score (nSPS) is 9.95. The topological polar surface area (TPSA) is 154 Å². The zero-order chi connectivity index (χ0) is 66.9. The number of anilines is 1. The average molecular weight is 1890 g/mol. The van der Waals surface area contributed by atoms with Crippen molar-refractivity contribution in [2.45, 2.75) is 0 Å². The number of carboxylic acid groups (broad SMARTS) is 3. The van der Waals surface area contributed by atoms with Crippen molar-refractivity contribution in [1.82, 2.24) is 15.0 Å². The Labute approximate surface area is 607 Å². The number of halogens is 4. The van der Waals surface area contributed by atoms with Crippen molar-refractivity contribution in [3.05, 3.63) is 339 Å².